The summed E-state index contributed by atoms with van der Waals surface area (Å²) in [4.78, 5) is 0. The molecule has 0 heterocycles. The van der Waals surface area contributed by atoms with Gasteiger partial charge in [-0.05, 0) is 24.4 Å². The van der Waals surface area contributed by atoms with E-state index in [2.05, 4.69) is 13.5 Å². The Morgan fingerprint density at radius 2 is 2.22 bits per heavy atom. The monoisotopic (exact) mass is 146 g/mol. The van der Waals surface area contributed by atoms with Gasteiger partial charge in [0, 0.05) is 5.25 Å². The maximum atomic E-state index is 8.61. The Balaban J connectivity index is 3.44. The van der Waals surface area contributed by atoms with Crippen molar-refractivity contribution in [1.29, 1.82) is 0 Å². The Bertz CT molecular complexity index is 83.0. The van der Waals surface area contributed by atoms with E-state index in [1.807, 2.05) is 13.0 Å². The molecule has 0 aliphatic carbocycles. The normalized spacial score (nSPS) is 16.8. The van der Waals surface area contributed by atoms with Gasteiger partial charge in [0.15, 0.2) is 0 Å². The SMILES string of the molecule is C=CCC(C)C(C)SO. The van der Waals surface area contributed by atoms with Crippen molar-refractivity contribution >= 4 is 12.0 Å². The lowest BCUT2D eigenvalue weighted by Gasteiger charge is -2.13. The highest BCUT2D eigenvalue weighted by Crippen LogP contribution is 2.18. The van der Waals surface area contributed by atoms with Crippen LogP contribution in [0.4, 0.5) is 0 Å². The lowest BCUT2D eigenvalue weighted by atomic mass is 10.1. The molecule has 0 rings (SSSR count). The van der Waals surface area contributed by atoms with Crippen LogP contribution in [0.5, 0.6) is 0 Å². The van der Waals surface area contributed by atoms with Crippen LogP contribution >= 0.6 is 12.0 Å². The molecular formula is C7H14OS. The van der Waals surface area contributed by atoms with Crippen molar-refractivity contribution in [3.63, 3.8) is 0 Å². The minimum Gasteiger partial charge on any atom is -0.330 e. The number of allylic oxidation sites excluding steroid dienone is 1. The standard InChI is InChI=1S/C7H14OS/c1-4-5-6(2)7(3)9-8/h4,6-8H,1,5H2,2-3H3. The van der Waals surface area contributed by atoms with Gasteiger partial charge < -0.3 is 4.55 Å². The molecule has 0 spiro atoms. The molecule has 0 aromatic carbocycles. The summed E-state index contributed by atoms with van der Waals surface area (Å²) in [5, 5.41) is 0.322. The molecule has 1 N–H and O–H groups in total. The highest BCUT2D eigenvalue weighted by Gasteiger charge is 2.09. The predicted molar refractivity (Wildman–Crippen MR) is 43.7 cm³/mol. The second kappa shape index (κ2) is 4.89. The molecule has 2 heteroatoms. The van der Waals surface area contributed by atoms with Crippen LogP contribution in [-0.4, -0.2) is 9.80 Å². The van der Waals surface area contributed by atoms with E-state index in [1.165, 1.54) is 0 Å². The Kier molecular flexibility index (Phi) is 4.91. The van der Waals surface area contributed by atoms with E-state index < -0.39 is 0 Å². The summed E-state index contributed by atoms with van der Waals surface area (Å²) in [7, 11) is 0. The van der Waals surface area contributed by atoms with Gasteiger partial charge in [-0.1, -0.05) is 19.9 Å². The molecule has 0 aliphatic heterocycles. The molecule has 0 aliphatic rings. The Hall–Kier alpha value is 0.0500. The van der Waals surface area contributed by atoms with Crippen LogP contribution in [0.3, 0.4) is 0 Å². The molecular weight excluding hydrogens is 132 g/mol. The fraction of sp³-hybridized carbons (Fsp3) is 0.714. The zero-order valence-corrected chi connectivity index (χ0v) is 6.82. The second-order valence-corrected chi connectivity index (χ2v) is 3.27. The summed E-state index contributed by atoms with van der Waals surface area (Å²) < 4.78 is 8.61. The molecule has 0 bridgehead atoms. The molecule has 0 saturated carbocycles. The first kappa shape index (κ1) is 9.05. The smallest absolute Gasteiger partial charge is 0.0309 e. The van der Waals surface area contributed by atoms with Crippen molar-refractivity contribution in [2.45, 2.75) is 25.5 Å². The van der Waals surface area contributed by atoms with Crippen molar-refractivity contribution in [3.05, 3.63) is 12.7 Å². The van der Waals surface area contributed by atoms with Crippen LogP contribution in [0.2, 0.25) is 0 Å². The third kappa shape index (κ3) is 3.60. The molecule has 2 atom stereocenters. The van der Waals surface area contributed by atoms with E-state index >= 15 is 0 Å². The number of rotatable bonds is 4. The fourth-order valence-electron chi connectivity index (χ4n) is 0.558. The predicted octanol–water partition coefficient (Wildman–Crippen LogP) is 2.79. The Labute approximate surface area is 61.4 Å². The third-order valence-electron chi connectivity index (χ3n) is 1.51. The van der Waals surface area contributed by atoms with Gasteiger partial charge in [-0.15, -0.1) is 6.58 Å². The van der Waals surface area contributed by atoms with Gasteiger partial charge in [-0.3, -0.25) is 0 Å². The summed E-state index contributed by atoms with van der Waals surface area (Å²) in [5.74, 6) is 0.525. The van der Waals surface area contributed by atoms with E-state index in [-0.39, 0.29) is 0 Å². The minimum atomic E-state index is 0.322. The maximum absolute atomic E-state index is 8.61. The van der Waals surface area contributed by atoms with E-state index in [1.54, 1.807) is 0 Å². The first-order valence-corrected chi connectivity index (χ1v) is 3.97. The summed E-state index contributed by atoms with van der Waals surface area (Å²) >= 11 is 0.925. The van der Waals surface area contributed by atoms with Gasteiger partial charge >= 0.3 is 0 Å². The average Bonchev–Trinajstić information content (AvgIpc) is 1.87. The van der Waals surface area contributed by atoms with Gasteiger partial charge in [0.2, 0.25) is 0 Å². The van der Waals surface area contributed by atoms with E-state index in [4.69, 9.17) is 4.55 Å². The molecule has 54 valence electrons. The highest BCUT2D eigenvalue weighted by atomic mass is 32.2. The highest BCUT2D eigenvalue weighted by molar-refractivity contribution is 7.94. The zero-order valence-electron chi connectivity index (χ0n) is 6.00. The van der Waals surface area contributed by atoms with E-state index in [0.29, 0.717) is 11.2 Å². The van der Waals surface area contributed by atoms with Gasteiger partial charge in [0.1, 0.15) is 0 Å². The van der Waals surface area contributed by atoms with E-state index in [0.717, 1.165) is 18.5 Å². The van der Waals surface area contributed by atoms with Crippen LogP contribution in [0.1, 0.15) is 20.3 Å². The molecule has 9 heavy (non-hydrogen) atoms. The molecule has 0 amide bonds. The lowest BCUT2D eigenvalue weighted by Crippen LogP contribution is -2.07. The Morgan fingerprint density at radius 3 is 2.56 bits per heavy atom. The zero-order chi connectivity index (χ0) is 7.28. The molecule has 0 saturated heterocycles. The molecule has 0 aromatic rings. The fourth-order valence-corrected chi connectivity index (χ4v) is 0.877. The van der Waals surface area contributed by atoms with Gasteiger partial charge in [-0.2, -0.15) is 0 Å². The average molecular weight is 146 g/mol. The van der Waals surface area contributed by atoms with Crippen molar-refractivity contribution in [2.24, 2.45) is 5.92 Å². The summed E-state index contributed by atoms with van der Waals surface area (Å²) in [6.45, 7) is 7.75. The second-order valence-electron chi connectivity index (χ2n) is 2.31. The van der Waals surface area contributed by atoms with Crippen LogP contribution in [0, 0.1) is 5.92 Å². The van der Waals surface area contributed by atoms with Gasteiger partial charge in [-0.25, -0.2) is 0 Å². The minimum absolute atomic E-state index is 0.322. The molecule has 0 aromatic heterocycles. The van der Waals surface area contributed by atoms with Crippen molar-refractivity contribution < 1.29 is 4.55 Å². The van der Waals surface area contributed by atoms with Crippen molar-refractivity contribution in [1.82, 2.24) is 0 Å². The number of hydrogen-bond acceptors (Lipinski definition) is 2. The first-order valence-electron chi connectivity index (χ1n) is 3.13. The molecule has 0 radical (unpaired) electrons. The van der Waals surface area contributed by atoms with Crippen molar-refractivity contribution in [3.8, 4) is 0 Å². The van der Waals surface area contributed by atoms with Gasteiger partial charge in [0.25, 0.3) is 0 Å². The van der Waals surface area contributed by atoms with Gasteiger partial charge in [0.05, 0.1) is 0 Å². The molecule has 0 fully saturated rings. The van der Waals surface area contributed by atoms with Crippen LogP contribution in [0.15, 0.2) is 12.7 Å². The lowest BCUT2D eigenvalue weighted by molar-refractivity contribution is 0.556. The molecule has 2 unspecified atom stereocenters. The quantitative estimate of drug-likeness (QED) is 0.486. The summed E-state index contributed by atoms with van der Waals surface area (Å²) in [6.07, 6.45) is 2.87. The van der Waals surface area contributed by atoms with Crippen LogP contribution in [-0.2, 0) is 0 Å². The first-order chi connectivity index (χ1) is 4.22. The molecule has 1 nitrogen and oxygen atoms in total. The summed E-state index contributed by atoms with van der Waals surface area (Å²) in [6, 6.07) is 0. The van der Waals surface area contributed by atoms with Crippen molar-refractivity contribution in [2.75, 3.05) is 0 Å². The summed E-state index contributed by atoms with van der Waals surface area (Å²) in [5.41, 5.74) is 0. The van der Waals surface area contributed by atoms with E-state index in [9.17, 15) is 0 Å². The van der Waals surface area contributed by atoms with Crippen LogP contribution in [0.25, 0.3) is 0 Å². The topological polar surface area (TPSA) is 20.2 Å². The maximum Gasteiger partial charge on any atom is 0.0309 e. The Morgan fingerprint density at radius 1 is 1.67 bits per heavy atom. The largest absolute Gasteiger partial charge is 0.330 e. The van der Waals surface area contributed by atoms with Crippen LogP contribution < -0.4 is 0 Å². The third-order valence-corrected chi connectivity index (χ3v) is 2.30. The number of hydrogen-bond donors (Lipinski definition) is 1.